The Bertz CT molecular complexity index is 1500. The molecule has 1 amide bonds. The topological polar surface area (TPSA) is 97.6 Å². The lowest BCUT2D eigenvalue weighted by Gasteiger charge is -2.31. The highest BCUT2D eigenvalue weighted by Crippen LogP contribution is 2.38. The second-order valence-corrected chi connectivity index (χ2v) is 9.98. The number of carbonyl (C=O) groups excluding carboxylic acids is 1. The predicted octanol–water partition coefficient (Wildman–Crippen LogP) is 6.07. The normalized spacial score (nSPS) is 15.7. The Balaban J connectivity index is 1.87. The number of aromatic nitrogens is 5. The highest BCUT2D eigenvalue weighted by atomic mass is 19.4. The molecule has 1 aliphatic heterocycles. The van der Waals surface area contributed by atoms with Crippen molar-refractivity contribution in [2.75, 3.05) is 17.2 Å². The Hall–Kier alpha value is -4.09. The second-order valence-electron chi connectivity index (χ2n) is 9.98. The van der Waals surface area contributed by atoms with Crippen LogP contribution in [0.1, 0.15) is 38.3 Å². The van der Waals surface area contributed by atoms with Gasteiger partial charge < -0.3 is 10.6 Å². The minimum Gasteiger partial charge on any atom is -0.369 e. The Morgan fingerprint density at radius 1 is 1.31 bits per heavy atom. The standard InChI is InChI=1S/C27H29F4N7O/c1-6-8-16(19(28)7-2)14-38-24-17(11-15(3)13-33-24)20(37-38)23-34-21(32-10-9-27(29,30)31)18-12-26(4,5)25(39)36-22(18)35-23/h6-8,11,13H,1,9-10,12,14H2,2-5H3,(H2,32,34,35,36,39)/b16-8-,19-7+. The van der Waals surface area contributed by atoms with Crippen molar-refractivity contribution >= 4 is 28.6 Å². The second kappa shape index (κ2) is 10.6. The summed E-state index contributed by atoms with van der Waals surface area (Å²) >= 11 is 0. The number of halogens is 4. The van der Waals surface area contributed by atoms with Crippen molar-refractivity contribution in [2.24, 2.45) is 5.41 Å². The number of amides is 1. The number of carbonyl (C=O) groups is 1. The Morgan fingerprint density at radius 2 is 2.05 bits per heavy atom. The molecule has 1 aliphatic rings. The Labute approximate surface area is 222 Å². The van der Waals surface area contributed by atoms with Gasteiger partial charge in [0.15, 0.2) is 11.5 Å². The zero-order valence-corrected chi connectivity index (χ0v) is 22.1. The van der Waals surface area contributed by atoms with Gasteiger partial charge in [-0.3, -0.25) is 4.79 Å². The number of hydrogen-bond donors (Lipinski definition) is 2. The number of fused-ring (bicyclic) bond motifs is 2. The van der Waals surface area contributed by atoms with Gasteiger partial charge in [-0.15, -0.1) is 0 Å². The first-order valence-corrected chi connectivity index (χ1v) is 12.3. The first kappa shape index (κ1) is 27.9. The van der Waals surface area contributed by atoms with Crippen LogP contribution in [0.25, 0.3) is 22.6 Å². The summed E-state index contributed by atoms with van der Waals surface area (Å²) in [5.41, 5.74) is 1.57. The van der Waals surface area contributed by atoms with Gasteiger partial charge in [-0.25, -0.2) is 24.0 Å². The molecule has 0 saturated carbocycles. The lowest BCUT2D eigenvalue weighted by atomic mass is 9.82. The van der Waals surface area contributed by atoms with E-state index in [1.807, 2.05) is 13.0 Å². The van der Waals surface area contributed by atoms with Crippen LogP contribution in [-0.4, -0.2) is 43.4 Å². The molecular weight excluding hydrogens is 514 g/mol. The molecule has 0 unspecified atom stereocenters. The summed E-state index contributed by atoms with van der Waals surface area (Å²) in [6.45, 7) is 10.2. The number of aryl methyl sites for hydroxylation is 1. The molecule has 0 fully saturated rings. The number of hydrogen-bond acceptors (Lipinski definition) is 6. The maximum atomic E-state index is 14.5. The average Bonchev–Trinajstić information content (AvgIpc) is 3.20. The Morgan fingerprint density at radius 3 is 2.72 bits per heavy atom. The van der Waals surface area contributed by atoms with E-state index in [1.54, 1.807) is 27.0 Å². The zero-order chi connectivity index (χ0) is 28.5. The molecule has 2 N–H and O–H groups in total. The van der Waals surface area contributed by atoms with E-state index in [2.05, 4.69) is 37.3 Å². The van der Waals surface area contributed by atoms with Crippen molar-refractivity contribution in [1.82, 2.24) is 24.7 Å². The van der Waals surface area contributed by atoms with Gasteiger partial charge in [0.05, 0.1) is 18.4 Å². The number of allylic oxidation sites excluding steroid dienone is 5. The van der Waals surface area contributed by atoms with Crippen molar-refractivity contribution in [3.05, 3.63) is 59.6 Å². The molecule has 4 rings (SSSR count). The Kier molecular flexibility index (Phi) is 7.58. The molecule has 39 heavy (non-hydrogen) atoms. The molecule has 206 valence electrons. The largest absolute Gasteiger partial charge is 0.390 e. The van der Waals surface area contributed by atoms with Crippen molar-refractivity contribution in [3.8, 4) is 11.5 Å². The van der Waals surface area contributed by atoms with Gasteiger partial charge in [0.2, 0.25) is 5.91 Å². The molecule has 0 bridgehead atoms. The van der Waals surface area contributed by atoms with Crippen LogP contribution in [0.2, 0.25) is 0 Å². The first-order valence-electron chi connectivity index (χ1n) is 12.3. The third kappa shape index (κ3) is 5.99. The van der Waals surface area contributed by atoms with Crippen LogP contribution < -0.4 is 10.6 Å². The van der Waals surface area contributed by atoms with Crippen molar-refractivity contribution in [1.29, 1.82) is 0 Å². The van der Waals surface area contributed by atoms with Crippen molar-refractivity contribution < 1.29 is 22.4 Å². The van der Waals surface area contributed by atoms with Crippen molar-refractivity contribution in [3.63, 3.8) is 0 Å². The van der Waals surface area contributed by atoms with Gasteiger partial charge >= 0.3 is 6.18 Å². The minimum atomic E-state index is -4.35. The number of pyridine rings is 1. The third-order valence-electron chi connectivity index (χ3n) is 6.31. The molecule has 3 aromatic heterocycles. The molecule has 3 aromatic rings. The quantitative estimate of drug-likeness (QED) is 0.265. The van der Waals surface area contributed by atoms with Crippen LogP contribution in [0.15, 0.2) is 48.5 Å². The number of rotatable bonds is 8. The molecule has 4 heterocycles. The summed E-state index contributed by atoms with van der Waals surface area (Å²) < 4.78 is 54.7. The van der Waals surface area contributed by atoms with E-state index in [9.17, 15) is 22.4 Å². The fourth-order valence-corrected chi connectivity index (χ4v) is 4.26. The fraction of sp³-hybridized carbons (Fsp3) is 0.370. The summed E-state index contributed by atoms with van der Waals surface area (Å²) in [6.07, 6.45) is 0.795. The summed E-state index contributed by atoms with van der Waals surface area (Å²) in [7, 11) is 0. The van der Waals surface area contributed by atoms with Crippen LogP contribution in [0.5, 0.6) is 0 Å². The third-order valence-corrected chi connectivity index (χ3v) is 6.31. The molecular formula is C27H29F4N7O. The van der Waals surface area contributed by atoms with Gasteiger partial charge in [0, 0.05) is 29.3 Å². The first-order chi connectivity index (χ1) is 18.3. The number of anilines is 2. The predicted molar refractivity (Wildman–Crippen MR) is 142 cm³/mol. The van der Waals surface area contributed by atoms with Gasteiger partial charge in [-0.05, 0) is 31.9 Å². The summed E-state index contributed by atoms with van der Waals surface area (Å²) in [4.78, 5) is 26.3. The molecule has 8 nitrogen and oxygen atoms in total. The van der Waals surface area contributed by atoms with E-state index in [0.29, 0.717) is 27.9 Å². The minimum absolute atomic E-state index is 0.0291. The van der Waals surface area contributed by atoms with Crippen LogP contribution in [0.3, 0.4) is 0 Å². The van der Waals surface area contributed by atoms with E-state index < -0.39 is 30.4 Å². The van der Waals surface area contributed by atoms with Crippen LogP contribution in [-0.2, 0) is 17.8 Å². The maximum Gasteiger partial charge on any atom is 0.390 e. The van der Waals surface area contributed by atoms with E-state index >= 15 is 0 Å². The van der Waals surface area contributed by atoms with Crippen LogP contribution in [0, 0.1) is 12.3 Å². The fourth-order valence-electron chi connectivity index (χ4n) is 4.26. The van der Waals surface area contributed by atoms with Gasteiger partial charge in [0.1, 0.15) is 23.2 Å². The molecule has 0 spiro atoms. The summed E-state index contributed by atoms with van der Waals surface area (Å²) in [6, 6.07) is 1.82. The lowest BCUT2D eigenvalue weighted by Crippen LogP contribution is -2.38. The summed E-state index contributed by atoms with van der Waals surface area (Å²) in [5.74, 6) is -0.245. The number of nitrogens with zero attached hydrogens (tertiary/aromatic N) is 5. The van der Waals surface area contributed by atoms with Crippen molar-refractivity contribution in [2.45, 2.75) is 53.3 Å². The highest BCUT2D eigenvalue weighted by molar-refractivity contribution is 5.98. The van der Waals surface area contributed by atoms with E-state index in [4.69, 9.17) is 0 Å². The van der Waals surface area contributed by atoms with E-state index in [0.717, 1.165) is 5.56 Å². The molecule has 0 aromatic carbocycles. The smallest absolute Gasteiger partial charge is 0.369 e. The molecule has 0 saturated heterocycles. The SMILES string of the molecule is C=C/C=C(Cn1nc(-c2nc(NCCC(F)(F)F)c3c(n2)NC(=O)C(C)(C)C3)c2cc(C)cnc21)\C(F)=C/C. The maximum absolute atomic E-state index is 14.5. The van der Waals surface area contributed by atoms with Crippen LogP contribution in [0.4, 0.5) is 29.2 Å². The number of alkyl halides is 3. The monoisotopic (exact) mass is 543 g/mol. The van der Waals surface area contributed by atoms with Crippen LogP contribution >= 0.6 is 0 Å². The zero-order valence-electron chi connectivity index (χ0n) is 22.1. The van der Waals surface area contributed by atoms with Gasteiger partial charge in [-0.2, -0.15) is 18.3 Å². The average molecular weight is 544 g/mol. The van der Waals surface area contributed by atoms with E-state index in [1.165, 1.54) is 22.9 Å². The molecule has 0 atom stereocenters. The molecule has 0 radical (unpaired) electrons. The molecule has 0 aliphatic carbocycles. The molecule has 12 heteroatoms. The number of nitrogens with one attached hydrogen (secondary N) is 2. The summed E-state index contributed by atoms with van der Waals surface area (Å²) in [5, 5.41) is 10.7. The highest BCUT2D eigenvalue weighted by Gasteiger charge is 2.37. The lowest BCUT2D eigenvalue weighted by molar-refractivity contribution is -0.131. The van der Waals surface area contributed by atoms with Gasteiger partial charge in [0.25, 0.3) is 0 Å². The van der Waals surface area contributed by atoms with E-state index in [-0.39, 0.29) is 36.3 Å². The van der Waals surface area contributed by atoms with Gasteiger partial charge in [-0.1, -0.05) is 38.7 Å².